The van der Waals surface area contributed by atoms with Crippen molar-refractivity contribution in [2.45, 2.75) is 31.1 Å². The van der Waals surface area contributed by atoms with Crippen LogP contribution in [0.25, 0.3) is 0 Å². The minimum absolute atomic E-state index is 0.103. The Balaban J connectivity index is 1.46. The first-order valence-corrected chi connectivity index (χ1v) is 12.5. The Kier molecular flexibility index (Phi) is 7.55. The highest BCUT2D eigenvalue weighted by atomic mass is 32.2. The molecule has 0 saturated heterocycles. The number of amides is 1. The molecule has 3 rings (SSSR count). The molecule has 0 atom stereocenters. The quantitative estimate of drug-likeness (QED) is 0.456. The topological polar surface area (TPSA) is 114 Å². The number of nitrogens with one attached hydrogen (secondary N) is 2. The van der Waals surface area contributed by atoms with E-state index in [9.17, 15) is 18.0 Å². The number of nitrogens with zero attached hydrogens (tertiary/aromatic N) is 1. The number of thiophene rings is 1. The number of aryl methyl sites for hydroxylation is 2. The van der Waals surface area contributed by atoms with Crippen LogP contribution in [-0.4, -0.2) is 31.8 Å². The van der Waals surface area contributed by atoms with Crippen LogP contribution in [0.15, 0.2) is 45.3 Å². The van der Waals surface area contributed by atoms with E-state index in [2.05, 4.69) is 15.0 Å². The SMILES string of the molecule is Cc1ccc(C)c(NC(=O)Cc2nc(COC(=O)CNS(=O)(=O)c3cccs3)cs2)c1. The normalized spacial score (nSPS) is 11.3. The Morgan fingerprint density at radius 3 is 2.71 bits per heavy atom. The molecule has 31 heavy (non-hydrogen) atoms. The molecule has 164 valence electrons. The second-order valence-corrected chi connectivity index (χ2v) is 10.6. The number of hydrogen-bond donors (Lipinski definition) is 2. The number of rotatable bonds is 9. The zero-order valence-corrected chi connectivity index (χ0v) is 19.3. The van der Waals surface area contributed by atoms with E-state index in [4.69, 9.17) is 4.74 Å². The fourth-order valence-electron chi connectivity index (χ4n) is 2.55. The summed E-state index contributed by atoms with van der Waals surface area (Å²) >= 11 is 2.35. The van der Waals surface area contributed by atoms with Crippen molar-refractivity contribution in [3.05, 3.63) is 62.9 Å². The number of carbonyl (C=O) groups is 2. The molecule has 0 aliphatic carbocycles. The Labute approximate surface area is 188 Å². The lowest BCUT2D eigenvalue weighted by atomic mass is 10.1. The Hall–Kier alpha value is -2.60. The summed E-state index contributed by atoms with van der Waals surface area (Å²) in [6, 6.07) is 8.89. The van der Waals surface area contributed by atoms with Gasteiger partial charge in [-0.3, -0.25) is 9.59 Å². The fraction of sp³-hybridized carbons (Fsp3) is 0.250. The van der Waals surface area contributed by atoms with E-state index in [0.717, 1.165) is 28.2 Å². The second kappa shape index (κ2) is 10.1. The maximum atomic E-state index is 12.3. The fourth-order valence-corrected chi connectivity index (χ4v) is 5.33. The molecular weight excluding hydrogens is 458 g/mol. The van der Waals surface area contributed by atoms with Gasteiger partial charge < -0.3 is 10.1 Å². The van der Waals surface area contributed by atoms with Crippen LogP contribution in [-0.2, 0) is 37.4 Å². The number of sulfonamides is 1. The first kappa shape index (κ1) is 23.1. The Morgan fingerprint density at radius 2 is 1.97 bits per heavy atom. The third-order valence-electron chi connectivity index (χ3n) is 4.13. The van der Waals surface area contributed by atoms with Gasteiger partial charge in [0.2, 0.25) is 5.91 Å². The number of thiazole rings is 1. The number of anilines is 1. The maximum Gasteiger partial charge on any atom is 0.321 e. The van der Waals surface area contributed by atoms with E-state index in [1.807, 2.05) is 32.0 Å². The molecule has 0 spiro atoms. The zero-order valence-electron chi connectivity index (χ0n) is 16.9. The van der Waals surface area contributed by atoms with Gasteiger partial charge in [0.25, 0.3) is 10.0 Å². The van der Waals surface area contributed by atoms with Crippen LogP contribution in [0.2, 0.25) is 0 Å². The highest BCUT2D eigenvalue weighted by molar-refractivity contribution is 7.91. The summed E-state index contributed by atoms with van der Waals surface area (Å²) in [4.78, 5) is 28.4. The van der Waals surface area contributed by atoms with E-state index in [1.165, 1.54) is 17.4 Å². The molecule has 2 N–H and O–H groups in total. The van der Waals surface area contributed by atoms with Gasteiger partial charge in [-0.15, -0.1) is 22.7 Å². The second-order valence-electron chi connectivity index (χ2n) is 6.69. The smallest absolute Gasteiger partial charge is 0.321 e. The lowest BCUT2D eigenvalue weighted by molar-refractivity contribution is -0.143. The summed E-state index contributed by atoms with van der Waals surface area (Å²) in [5, 5.41) is 6.80. The molecule has 0 unspecified atom stereocenters. The van der Waals surface area contributed by atoms with Crippen LogP contribution < -0.4 is 10.0 Å². The van der Waals surface area contributed by atoms with E-state index < -0.39 is 22.5 Å². The predicted molar refractivity (Wildman–Crippen MR) is 120 cm³/mol. The van der Waals surface area contributed by atoms with Crippen LogP contribution in [0, 0.1) is 13.8 Å². The summed E-state index contributed by atoms with van der Waals surface area (Å²) in [7, 11) is -3.73. The first-order valence-electron chi connectivity index (χ1n) is 9.22. The van der Waals surface area contributed by atoms with E-state index >= 15 is 0 Å². The molecule has 1 amide bonds. The van der Waals surface area contributed by atoms with Crippen LogP contribution >= 0.6 is 22.7 Å². The molecule has 0 fully saturated rings. The average molecular weight is 480 g/mol. The molecule has 0 saturated carbocycles. The van der Waals surface area contributed by atoms with Crippen molar-refractivity contribution in [3.63, 3.8) is 0 Å². The molecular formula is C20H21N3O5S3. The van der Waals surface area contributed by atoms with Gasteiger partial charge in [-0.05, 0) is 42.5 Å². The molecule has 8 nitrogen and oxygen atoms in total. The van der Waals surface area contributed by atoms with E-state index in [1.54, 1.807) is 16.8 Å². The van der Waals surface area contributed by atoms with E-state index in [0.29, 0.717) is 10.7 Å². The van der Waals surface area contributed by atoms with Crippen molar-refractivity contribution < 1.29 is 22.7 Å². The van der Waals surface area contributed by atoms with Gasteiger partial charge in [-0.25, -0.2) is 13.4 Å². The molecule has 11 heteroatoms. The number of hydrogen-bond acceptors (Lipinski definition) is 8. The lowest BCUT2D eigenvalue weighted by Gasteiger charge is -2.08. The van der Waals surface area contributed by atoms with Crippen molar-refractivity contribution >= 4 is 50.3 Å². The number of carbonyl (C=O) groups excluding carboxylic acids is 2. The van der Waals surface area contributed by atoms with Crippen molar-refractivity contribution in [1.29, 1.82) is 0 Å². The monoisotopic (exact) mass is 479 g/mol. The van der Waals surface area contributed by atoms with Crippen LogP contribution in [0.5, 0.6) is 0 Å². The van der Waals surface area contributed by atoms with Crippen molar-refractivity contribution in [3.8, 4) is 0 Å². The van der Waals surface area contributed by atoms with Gasteiger partial charge in [-0.1, -0.05) is 18.2 Å². The third-order valence-corrected chi connectivity index (χ3v) is 7.82. The van der Waals surface area contributed by atoms with Crippen molar-refractivity contribution in [2.75, 3.05) is 11.9 Å². The molecule has 0 aliphatic rings. The number of ether oxygens (including phenoxy) is 1. The van der Waals surface area contributed by atoms with Crippen molar-refractivity contribution in [1.82, 2.24) is 9.71 Å². The summed E-state index contributed by atoms with van der Waals surface area (Å²) in [6.45, 7) is 3.30. The highest BCUT2D eigenvalue weighted by Gasteiger charge is 2.17. The standard InChI is InChI=1S/C20H21N3O5S3/c1-13-5-6-14(2)16(8-13)23-17(24)9-18-22-15(12-30-18)11-28-19(25)10-21-31(26,27)20-4-3-7-29-20/h3-8,12,21H,9-11H2,1-2H3,(H,23,24). The minimum atomic E-state index is -3.73. The van der Waals surface area contributed by atoms with Gasteiger partial charge in [-0.2, -0.15) is 4.72 Å². The summed E-state index contributed by atoms with van der Waals surface area (Å²) < 4.78 is 31.4. The number of benzene rings is 1. The molecule has 2 heterocycles. The average Bonchev–Trinajstić information content (AvgIpc) is 3.40. The molecule has 2 aromatic heterocycles. The van der Waals surface area contributed by atoms with Crippen LogP contribution in [0.1, 0.15) is 21.8 Å². The highest BCUT2D eigenvalue weighted by Crippen LogP contribution is 2.18. The molecule has 0 aliphatic heterocycles. The largest absolute Gasteiger partial charge is 0.458 e. The van der Waals surface area contributed by atoms with Gasteiger partial charge in [0.15, 0.2) is 0 Å². The Morgan fingerprint density at radius 1 is 1.16 bits per heavy atom. The predicted octanol–water partition coefficient (Wildman–Crippen LogP) is 3.02. The Bertz CT molecular complexity index is 1170. The molecule has 3 aromatic rings. The van der Waals surface area contributed by atoms with Crippen LogP contribution in [0.3, 0.4) is 0 Å². The molecule has 0 radical (unpaired) electrons. The van der Waals surface area contributed by atoms with Gasteiger partial charge in [0.05, 0.1) is 12.1 Å². The molecule has 0 bridgehead atoms. The summed E-state index contributed by atoms with van der Waals surface area (Å²) in [6.07, 6.45) is 0.104. The van der Waals surface area contributed by atoms with Gasteiger partial charge in [0, 0.05) is 11.1 Å². The number of aromatic nitrogens is 1. The summed E-state index contributed by atoms with van der Waals surface area (Å²) in [5.74, 6) is -0.906. The lowest BCUT2D eigenvalue weighted by Crippen LogP contribution is -2.30. The zero-order chi connectivity index (χ0) is 22.4. The van der Waals surface area contributed by atoms with Crippen LogP contribution in [0.4, 0.5) is 5.69 Å². The maximum absolute atomic E-state index is 12.3. The third kappa shape index (κ3) is 6.69. The molecule has 1 aromatic carbocycles. The number of esters is 1. The van der Waals surface area contributed by atoms with Gasteiger partial charge >= 0.3 is 5.97 Å². The van der Waals surface area contributed by atoms with Gasteiger partial charge in [0.1, 0.15) is 22.4 Å². The minimum Gasteiger partial charge on any atom is -0.458 e. The van der Waals surface area contributed by atoms with Crippen molar-refractivity contribution in [2.24, 2.45) is 0 Å². The van der Waals surface area contributed by atoms with E-state index in [-0.39, 0.29) is 23.1 Å². The first-order chi connectivity index (χ1) is 14.7. The summed E-state index contributed by atoms with van der Waals surface area (Å²) in [5.41, 5.74) is 3.28.